The maximum Gasteiger partial charge on any atom is 0.228 e. The van der Waals surface area contributed by atoms with E-state index in [2.05, 4.69) is 35.6 Å². The van der Waals surface area contributed by atoms with Gasteiger partial charge in [-0.2, -0.15) is 4.98 Å². The number of nitrogens with zero attached hydrogens (tertiary/aromatic N) is 3. The van der Waals surface area contributed by atoms with E-state index in [4.69, 9.17) is 10.5 Å². The zero-order chi connectivity index (χ0) is 13.8. The minimum Gasteiger partial charge on any atom is -0.481 e. The van der Waals surface area contributed by atoms with Gasteiger partial charge in [0.25, 0.3) is 0 Å². The smallest absolute Gasteiger partial charge is 0.228 e. The van der Waals surface area contributed by atoms with Gasteiger partial charge < -0.3 is 15.4 Å². The first kappa shape index (κ1) is 14.7. The lowest BCUT2D eigenvalue weighted by Crippen LogP contribution is -2.39. The summed E-state index contributed by atoms with van der Waals surface area (Å²) >= 11 is 0. The number of hydrogen-bond acceptors (Lipinski definition) is 5. The average Bonchev–Trinajstić information content (AvgIpc) is 2.35. The van der Waals surface area contributed by atoms with E-state index in [9.17, 15) is 0 Å². The van der Waals surface area contributed by atoms with E-state index in [1.807, 2.05) is 13.0 Å². The molecule has 0 bridgehead atoms. The number of methoxy groups -OCH3 is 1. The lowest BCUT2D eigenvalue weighted by molar-refractivity contribution is 0.373. The van der Waals surface area contributed by atoms with E-state index in [0.29, 0.717) is 18.4 Å². The van der Waals surface area contributed by atoms with Crippen LogP contribution in [0.15, 0.2) is 6.07 Å². The van der Waals surface area contributed by atoms with Crippen molar-refractivity contribution in [3.8, 4) is 5.88 Å². The Hall–Kier alpha value is -1.36. The Morgan fingerprint density at radius 2 is 2.06 bits per heavy atom. The lowest BCUT2D eigenvalue weighted by Gasteiger charge is -2.31. The maximum absolute atomic E-state index is 5.78. The molecule has 0 aliphatic carbocycles. The molecule has 0 radical (unpaired) electrons. The molecule has 5 heteroatoms. The number of ether oxygens (including phenoxy) is 1. The first-order valence-electron chi connectivity index (χ1n) is 6.26. The van der Waals surface area contributed by atoms with Gasteiger partial charge in [-0.25, -0.2) is 4.98 Å². The van der Waals surface area contributed by atoms with Crippen LogP contribution in [-0.4, -0.2) is 36.7 Å². The third-order valence-electron chi connectivity index (χ3n) is 2.86. The fourth-order valence-corrected chi connectivity index (χ4v) is 1.68. The highest BCUT2D eigenvalue weighted by Crippen LogP contribution is 2.20. The highest BCUT2D eigenvalue weighted by molar-refractivity contribution is 5.34. The fourth-order valence-electron chi connectivity index (χ4n) is 1.68. The van der Waals surface area contributed by atoms with Crippen molar-refractivity contribution in [2.24, 2.45) is 11.1 Å². The molecule has 0 aliphatic heterocycles. The predicted molar refractivity (Wildman–Crippen MR) is 74.0 cm³/mol. The zero-order valence-electron chi connectivity index (χ0n) is 12.0. The van der Waals surface area contributed by atoms with E-state index >= 15 is 0 Å². The van der Waals surface area contributed by atoms with Crippen LogP contribution < -0.4 is 15.4 Å². The predicted octanol–water partition coefficient (Wildman–Crippen LogP) is 1.60. The molecule has 2 N–H and O–H groups in total. The van der Waals surface area contributed by atoms with Crippen LogP contribution in [0.1, 0.15) is 26.5 Å². The van der Waals surface area contributed by atoms with Crippen molar-refractivity contribution in [1.82, 2.24) is 9.97 Å². The topological polar surface area (TPSA) is 64.3 Å². The summed E-state index contributed by atoms with van der Waals surface area (Å²) < 4.78 is 5.18. The minimum absolute atomic E-state index is 0.0380. The second-order valence-corrected chi connectivity index (χ2v) is 5.23. The Morgan fingerprint density at radius 3 is 2.56 bits per heavy atom. The van der Waals surface area contributed by atoms with Crippen LogP contribution in [0.25, 0.3) is 0 Å². The Kier molecular flexibility index (Phi) is 4.90. The molecular formula is C13H24N4O. The molecule has 0 atom stereocenters. The summed E-state index contributed by atoms with van der Waals surface area (Å²) in [5, 5.41) is 0. The fraction of sp³-hybridized carbons (Fsp3) is 0.692. The van der Waals surface area contributed by atoms with Gasteiger partial charge in [-0.3, -0.25) is 0 Å². The molecule has 0 saturated carbocycles. The highest BCUT2D eigenvalue weighted by atomic mass is 16.5. The molecule has 0 aliphatic rings. The van der Waals surface area contributed by atoms with Crippen LogP contribution in [0, 0.1) is 12.3 Å². The van der Waals surface area contributed by atoms with Crippen LogP contribution in [0.4, 0.5) is 5.95 Å². The van der Waals surface area contributed by atoms with Crippen LogP contribution in [0.3, 0.4) is 0 Å². The van der Waals surface area contributed by atoms with Crippen molar-refractivity contribution < 1.29 is 4.74 Å². The summed E-state index contributed by atoms with van der Waals surface area (Å²) in [6.07, 6.45) is 0. The zero-order valence-corrected chi connectivity index (χ0v) is 12.0. The standard InChI is InChI=1S/C13H24N4O/c1-6-17(9-13(3,4)8-14)12-15-10(2)7-11(16-12)18-5/h7H,6,8-9,14H2,1-5H3. The molecule has 0 unspecified atom stereocenters. The van der Waals surface area contributed by atoms with Gasteiger partial charge in [-0.05, 0) is 25.8 Å². The number of nitrogens with two attached hydrogens (primary N) is 1. The number of aromatic nitrogens is 2. The van der Waals surface area contributed by atoms with Crippen molar-refractivity contribution in [2.75, 3.05) is 31.6 Å². The van der Waals surface area contributed by atoms with Gasteiger partial charge in [0.05, 0.1) is 7.11 Å². The van der Waals surface area contributed by atoms with E-state index in [0.717, 1.165) is 18.8 Å². The number of rotatable bonds is 6. The van der Waals surface area contributed by atoms with Gasteiger partial charge in [-0.15, -0.1) is 0 Å². The second-order valence-electron chi connectivity index (χ2n) is 5.23. The number of hydrogen-bond donors (Lipinski definition) is 1. The molecule has 1 aromatic rings. The Bertz CT molecular complexity index is 393. The molecule has 102 valence electrons. The summed E-state index contributed by atoms with van der Waals surface area (Å²) in [5.74, 6) is 1.30. The van der Waals surface area contributed by atoms with Crippen molar-refractivity contribution >= 4 is 5.95 Å². The Balaban J connectivity index is 2.98. The monoisotopic (exact) mass is 252 g/mol. The summed E-state index contributed by atoms with van der Waals surface area (Å²) in [7, 11) is 1.62. The molecule has 0 amide bonds. The maximum atomic E-state index is 5.78. The Labute approximate surface area is 109 Å². The summed E-state index contributed by atoms with van der Waals surface area (Å²) in [5.41, 5.74) is 6.72. The van der Waals surface area contributed by atoms with Gasteiger partial charge in [0, 0.05) is 24.8 Å². The van der Waals surface area contributed by atoms with Crippen molar-refractivity contribution in [3.63, 3.8) is 0 Å². The van der Waals surface area contributed by atoms with Crippen LogP contribution in [0.2, 0.25) is 0 Å². The van der Waals surface area contributed by atoms with Gasteiger partial charge in [0.2, 0.25) is 11.8 Å². The van der Waals surface area contributed by atoms with Gasteiger partial charge in [0.15, 0.2) is 0 Å². The van der Waals surface area contributed by atoms with E-state index in [1.165, 1.54) is 0 Å². The largest absolute Gasteiger partial charge is 0.481 e. The quantitative estimate of drug-likeness (QED) is 0.833. The highest BCUT2D eigenvalue weighted by Gasteiger charge is 2.21. The minimum atomic E-state index is 0.0380. The summed E-state index contributed by atoms with van der Waals surface area (Å²) in [6.45, 7) is 10.6. The van der Waals surface area contributed by atoms with Gasteiger partial charge in [0.1, 0.15) is 0 Å². The molecule has 0 saturated heterocycles. The first-order chi connectivity index (χ1) is 8.41. The van der Waals surface area contributed by atoms with E-state index < -0.39 is 0 Å². The van der Waals surface area contributed by atoms with E-state index in [1.54, 1.807) is 7.11 Å². The molecule has 0 aromatic carbocycles. The molecule has 1 heterocycles. The van der Waals surface area contributed by atoms with Crippen molar-refractivity contribution in [2.45, 2.75) is 27.7 Å². The van der Waals surface area contributed by atoms with Crippen LogP contribution in [-0.2, 0) is 0 Å². The van der Waals surface area contributed by atoms with Crippen LogP contribution in [0.5, 0.6) is 5.88 Å². The second kappa shape index (κ2) is 6.00. The van der Waals surface area contributed by atoms with Gasteiger partial charge in [-0.1, -0.05) is 13.8 Å². The molecule has 0 spiro atoms. The third-order valence-corrected chi connectivity index (χ3v) is 2.86. The molecule has 0 fully saturated rings. The SMILES string of the molecule is CCN(CC(C)(C)CN)c1nc(C)cc(OC)n1. The number of aryl methyl sites for hydroxylation is 1. The van der Waals surface area contributed by atoms with Crippen LogP contribution >= 0.6 is 0 Å². The number of anilines is 1. The molecular weight excluding hydrogens is 228 g/mol. The molecule has 5 nitrogen and oxygen atoms in total. The lowest BCUT2D eigenvalue weighted by atomic mass is 9.93. The molecule has 1 rings (SSSR count). The van der Waals surface area contributed by atoms with E-state index in [-0.39, 0.29) is 5.41 Å². The van der Waals surface area contributed by atoms with Gasteiger partial charge >= 0.3 is 0 Å². The third kappa shape index (κ3) is 3.84. The summed E-state index contributed by atoms with van der Waals surface area (Å²) in [4.78, 5) is 11.0. The molecule has 1 aromatic heterocycles. The molecule has 18 heavy (non-hydrogen) atoms. The average molecular weight is 252 g/mol. The Morgan fingerprint density at radius 1 is 1.39 bits per heavy atom. The first-order valence-corrected chi connectivity index (χ1v) is 6.26. The summed E-state index contributed by atoms with van der Waals surface area (Å²) in [6, 6.07) is 1.82. The normalized spacial score (nSPS) is 11.4. The van der Waals surface area contributed by atoms with Crippen molar-refractivity contribution in [1.29, 1.82) is 0 Å². The van der Waals surface area contributed by atoms with Crippen molar-refractivity contribution in [3.05, 3.63) is 11.8 Å².